The molecule has 2 N–H and O–H groups in total. The lowest BCUT2D eigenvalue weighted by Crippen LogP contribution is -2.53. The Bertz CT molecular complexity index is 843. The molecule has 3 amide bonds. The Hall–Kier alpha value is -2.54. The lowest BCUT2D eigenvalue weighted by atomic mass is 10.0. The van der Waals surface area contributed by atoms with Gasteiger partial charge in [0.25, 0.3) is 0 Å². The Labute approximate surface area is 162 Å². The molecule has 2 aromatic rings. The number of halogens is 1. The second kappa shape index (κ2) is 8.43. The molecule has 1 saturated heterocycles. The van der Waals surface area contributed by atoms with Gasteiger partial charge in [-0.1, -0.05) is 38.1 Å². The van der Waals surface area contributed by atoms with Crippen molar-refractivity contribution in [2.75, 3.05) is 18.4 Å². The third kappa shape index (κ3) is 4.60. The minimum absolute atomic E-state index is 0.313. The van der Waals surface area contributed by atoms with Crippen LogP contribution in [0.25, 0.3) is 0 Å². The second-order valence-corrected chi connectivity index (χ2v) is 8.15. The number of amides is 3. The highest BCUT2D eigenvalue weighted by molar-refractivity contribution is 8.00. The molecule has 1 aliphatic heterocycles. The molecule has 7 heteroatoms. The number of thioether (sulfide) groups is 1. The monoisotopic (exact) mass is 387 g/mol. The van der Waals surface area contributed by atoms with Gasteiger partial charge in [-0.3, -0.25) is 4.79 Å². The van der Waals surface area contributed by atoms with Crippen LogP contribution in [0.5, 0.6) is 0 Å². The minimum Gasteiger partial charge on any atom is -0.352 e. The molecule has 0 unspecified atom stereocenters. The SMILES string of the molecule is CC(C)Sc1ccccc1NC(=O)N1CCNC(=O)[C@H]1c1cccc(F)c1. The van der Waals surface area contributed by atoms with Gasteiger partial charge in [-0.25, -0.2) is 9.18 Å². The number of hydrogen-bond donors (Lipinski definition) is 2. The normalized spacial score (nSPS) is 17.0. The Kier molecular flexibility index (Phi) is 6.01. The maximum Gasteiger partial charge on any atom is 0.322 e. The fourth-order valence-corrected chi connectivity index (χ4v) is 3.92. The summed E-state index contributed by atoms with van der Waals surface area (Å²) in [5, 5.41) is 6.03. The lowest BCUT2D eigenvalue weighted by Gasteiger charge is -2.35. The van der Waals surface area contributed by atoms with Crippen molar-refractivity contribution in [3.63, 3.8) is 0 Å². The van der Waals surface area contributed by atoms with Gasteiger partial charge in [0.1, 0.15) is 11.9 Å². The van der Waals surface area contributed by atoms with Crippen LogP contribution in [0.15, 0.2) is 53.4 Å². The van der Waals surface area contributed by atoms with E-state index in [1.54, 1.807) is 17.8 Å². The van der Waals surface area contributed by atoms with E-state index in [0.29, 0.717) is 29.6 Å². The summed E-state index contributed by atoms with van der Waals surface area (Å²) < 4.78 is 13.6. The van der Waals surface area contributed by atoms with Gasteiger partial charge in [0.15, 0.2) is 0 Å². The zero-order valence-electron chi connectivity index (χ0n) is 15.2. The molecule has 1 heterocycles. The Morgan fingerprint density at radius 3 is 2.78 bits per heavy atom. The van der Waals surface area contributed by atoms with Crippen molar-refractivity contribution < 1.29 is 14.0 Å². The van der Waals surface area contributed by atoms with Gasteiger partial charge < -0.3 is 15.5 Å². The van der Waals surface area contributed by atoms with Crippen LogP contribution >= 0.6 is 11.8 Å². The van der Waals surface area contributed by atoms with E-state index >= 15 is 0 Å². The number of carbonyl (C=O) groups excluding carboxylic acids is 2. The molecule has 2 aromatic carbocycles. The number of nitrogens with one attached hydrogen (secondary N) is 2. The van der Waals surface area contributed by atoms with Gasteiger partial charge in [0, 0.05) is 23.2 Å². The molecular formula is C20H22FN3O2S. The molecule has 3 rings (SSSR count). The van der Waals surface area contributed by atoms with Crippen molar-refractivity contribution in [3.05, 3.63) is 59.9 Å². The highest BCUT2D eigenvalue weighted by Crippen LogP contribution is 2.31. The average Bonchev–Trinajstić information content (AvgIpc) is 2.62. The van der Waals surface area contributed by atoms with E-state index < -0.39 is 11.9 Å². The fraction of sp³-hybridized carbons (Fsp3) is 0.300. The first kappa shape index (κ1) is 19.2. The van der Waals surface area contributed by atoms with Crippen molar-refractivity contribution in [2.45, 2.75) is 30.0 Å². The minimum atomic E-state index is -0.862. The van der Waals surface area contributed by atoms with Gasteiger partial charge in [-0.2, -0.15) is 0 Å². The van der Waals surface area contributed by atoms with Crippen molar-refractivity contribution in [2.24, 2.45) is 0 Å². The number of carbonyl (C=O) groups is 2. The molecule has 0 aromatic heterocycles. The molecule has 0 aliphatic carbocycles. The van der Waals surface area contributed by atoms with E-state index in [1.165, 1.54) is 23.1 Å². The second-order valence-electron chi connectivity index (χ2n) is 6.53. The summed E-state index contributed by atoms with van der Waals surface area (Å²) in [6, 6.07) is 12.1. The quantitative estimate of drug-likeness (QED) is 0.779. The summed E-state index contributed by atoms with van der Waals surface area (Å²) in [4.78, 5) is 27.8. The van der Waals surface area contributed by atoms with Crippen LogP contribution in [0.1, 0.15) is 25.5 Å². The summed E-state index contributed by atoms with van der Waals surface area (Å²) in [6.45, 7) is 4.87. The maximum atomic E-state index is 13.6. The third-order valence-corrected chi connectivity index (χ3v) is 5.21. The molecule has 1 atom stereocenters. The Balaban J connectivity index is 1.85. The van der Waals surface area contributed by atoms with Crippen LogP contribution in [0, 0.1) is 5.82 Å². The van der Waals surface area contributed by atoms with E-state index in [4.69, 9.17) is 0 Å². The number of anilines is 1. The number of urea groups is 1. The first-order chi connectivity index (χ1) is 13.0. The van der Waals surface area contributed by atoms with E-state index in [-0.39, 0.29) is 11.9 Å². The van der Waals surface area contributed by atoms with Crippen molar-refractivity contribution in [1.29, 1.82) is 0 Å². The molecular weight excluding hydrogens is 365 g/mol. The first-order valence-electron chi connectivity index (χ1n) is 8.82. The predicted octanol–water partition coefficient (Wildman–Crippen LogP) is 4.03. The lowest BCUT2D eigenvalue weighted by molar-refractivity contribution is -0.127. The third-order valence-electron chi connectivity index (χ3n) is 4.13. The number of para-hydroxylation sites is 1. The topological polar surface area (TPSA) is 61.4 Å². The Morgan fingerprint density at radius 1 is 1.26 bits per heavy atom. The summed E-state index contributed by atoms with van der Waals surface area (Å²) in [6.07, 6.45) is 0. The number of nitrogens with zero attached hydrogens (tertiary/aromatic N) is 1. The van der Waals surface area contributed by atoms with Crippen LogP contribution < -0.4 is 10.6 Å². The predicted molar refractivity (Wildman–Crippen MR) is 105 cm³/mol. The van der Waals surface area contributed by atoms with Gasteiger partial charge in [-0.05, 0) is 29.8 Å². The summed E-state index contributed by atoms with van der Waals surface area (Å²) >= 11 is 1.65. The van der Waals surface area contributed by atoms with Gasteiger partial charge in [0.2, 0.25) is 5.91 Å². The highest BCUT2D eigenvalue weighted by Gasteiger charge is 2.34. The fourth-order valence-electron chi connectivity index (χ4n) is 3.01. The zero-order valence-corrected chi connectivity index (χ0v) is 16.1. The number of piperazine rings is 1. The molecule has 142 valence electrons. The molecule has 0 spiro atoms. The Morgan fingerprint density at radius 2 is 2.04 bits per heavy atom. The molecule has 27 heavy (non-hydrogen) atoms. The van der Waals surface area contributed by atoms with E-state index in [2.05, 4.69) is 24.5 Å². The van der Waals surface area contributed by atoms with Crippen LogP contribution in [0.3, 0.4) is 0 Å². The summed E-state index contributed by atoms with van der Waals surface area (Å²) in [5.41, 5.74) is 1.15. The molecule has 0 bridgehead atoms. The molecule has 5 nitrogen and oxygen atoms in total. The van der Waals surface area contributed by atoms with Crippen molar-refractivity contribution in [1.82, 2.24) is 10.2 Å². The van der Waals surface area contributed by atoms with Crippen LogP contribution in [0.4, 0.5) is 14.9 Å². The average molecular weight is 387 g/mol. The van der Waals surface area contributed by atoms with Crippen molar-refractivity contribution >= 4 is 29.4 Å². The van der Waals surface area contributed by atoms with Crippen LogP contribution in [-0.4, -0.2) is 35.2 Å². The number of hydrogen-bond acceptors (Lipinski definition) is 3. The zero-order chi connectivity index (χ0) is 19.4. The molecule has 1 aliphatic rings. The highest BCUT2D eigenvalue weighted by atomic mass is 32.2. The standard InChI is InChI=1S/C20H22FN3O2S/c1-13(2)27-17-9-4-3-8-16(17)23-20(26)24-11-10-22-19(25)18(24)14-6-5-7-15(21)12-14/h3-9,12-13,18H,10-11H2,1-2H3,(H,22,25)(H,23,26)/t18-/m1/s1. The van der Waals surface area contributed by atoms with Gasteiger partial charge in [-0.15, -0.1) is 11.8 Å². The van der Waals surface area contributed by atoms with E-state index in [1.807, 2.05) is 24.3 Å². The van der Waals surface area contributed by atoms with Crippen molar-refractivity contribution in [3.8, 4) is 0 Å². The summed E-state index contributed by atoms with van der Waals surface area (Å²) in [7, 11) is 0. The van der Waals surface area contributed by atoms with E-state index in [9.17, 15) is 14.0 Å². The summed E-state index contributed by atoms with van der Waals surface area (Å²) in [5.74, 6) is -0.753. The smallest absolute Gasteiger partial charge is 0.322 e. The van der Waals surface area contributed by atoms with Crippen LogP contribution in [-0.2, 0) is 4.79 Å². The van der Waals surface area contributed by atoms with E-state index in [0.717, 1.165) is 4.90 Å². The number of benzene rings is 2. The van der Waals surface area contributed by atoms with Gasteiger partial charge in [0.05, 0.1) is 5.69 Å². The molecule has 1 fully saturated rings. The first-order valence-corrected chi connectivity index (χ1v) is 9.70. The molecule has 0 radical (unpaired) electrons. The molecule has 0 saturated carbocycles. The maximum absolute atomic E-state index is 13.6. The largest absolute Gasteiger partial charge is 0.352 e. The van der Waals surface area contributed by atoms with Crippen LogP contribution in [0.2, 0.25) is 0 Å². The van der Waals surface area contributed by atoms with Gasteiger partial charge >= 0.3 is 6.03 Å². The number of rotatable bonds is 4.